The molecule has 53 valence electrons. The Labute approximate surface area is 70.4 Å². The van der Waals surface area contributed by atoms with Crippen molar-refractivity contribution in [1.29, 1.82) is 0 Å². The lowest BCUT2D eigenvalue weighted by atomic mass is 10.1. The highest BCUT2D eigenvalue weighted by atomic mass is 79.9. The van der Waals surface area contributed by atoms with Crippen LogP contribution in [0.2, 0.25) is 0 Å². The Morgan fingerprint density at radius 2 is 2.10 bits per heavy atom. The summed E-state index contributed by atoms with van der Waals surface area (Å²) in [5.74, 6) is 0. The van der Waals surface area contributed by atoms with Crippen LogP contribution in [0.15, 0.2) is 22.7 Å². The molecular formula is C9H10Br. The molecule has 0 unspecified atom stereocenters. The predicted molar refractivity (Wildman–Crippen MR) is 48.0 cm³/mol. The number of halogens is 1. The summed E-state index contributed by atoms with van der Waals surface area (Å²) in [6.07, 6.45) is 1.07. The summed E-state index contributed by atoms with van der Waals surface area (Å²) in [7, 11) is 0. The highest BCUT2D eigenvalue weighted by Gasteiger charge is 1.92. The second-order valence-corrected chi connectivity index (χ2v) is 3.24. The van der Waals surface area contributed by atoms with Gasteiger partial charge in [0.25, 0.3) is 0 Å². The molecule has 10 heavy (non-hydrogen) atoms. The first kappa shape index (κ1) is 7.80. The Bertz CT molecular complexity index is 208. The average molecular weight is 198 g/mol. The first-order valence-corrected chi connectivity index (χ1v) is 4.13. The quantitative estimate of drug-likeness (QED) is 0.649. The summed E-state index contributed by atoms with van der Waals surface area (Å²) >= 11 is 3.41. The van der Waals surface area contributed by atoms with Gasteiger partial charge >= 0.3 is 0 Å². The van der Waals surface area contributed by atoms with E-state index in [0.717, 1.165) is 16.5 Å². The monoisotopic (exact) mass is 197 g/mol. The van der Waals surface area contributed by atoms with Crippen molar-refractivity contribution in [1.82, 2.24) is 0 Å². The lowest BCUT2D eigenvalue weighted by Gasteiger charge is -1.99. The van der Waals surface area contributed by atoms with Crippen molar-refractivity contribution in [2.24, 2.45) is 0 Å². The summed E-state index contributed by atoms with van der Waals surface area (Å²) in [4.78, 5) is 0. The third kappa shape index (κ3) is 1.84. The number of hydrogen-bond donors (Lipinski definition) is 0. The molecular weight excluding hydrogens is 188 g/mol. The molecule has 0 aliphatic heterocycles. The van der Waals surface area contributed by atoms with Crippen LogP contribution in [0.4, 0.5) is 0 Å². The van der Waals surface area contributed by atoms with Crippen molar-refractivity contribution in [3.05, 3.63) is 40.7 Å². The van der Waals surface area contributed by atoms with Crippen LogP contribution in [0.3, 0.4) is 0 Å². The van der Waals surface area contributed by atoms with Crippen LogP contribution in [-0.4, -0.2) is 0 Å². The molecule has 1 radical (unpaired) electrons. The van der Waals surface area contributed by atoms with Crippen molar-refractivity contribution >= 4 is 15.9 Å². The van der Waals surface area contributed by atoms with Gasteiger partial charge < -0.3 is 0 Å². The van der Waals surface area contributed by atoms with Crippen LogP contribution < -0.4 is 0 Å². The molecule has 1 rings (SSSR count). The molecule has 0 spiro atoms. The van der Waals surface area contributed by atoms with Gasteiger partial charge in [-0.25, -0.2) is 0 Å². The van der Waals surface area contributed by atoms with Crippen LogP contribution in [0.1, 0.15) is 18.1 Å². The number of benzene rings is 1. The zero-order valence-electron chi connectivity index (χ0n) is 6.02. The van der Waals surface area contributed by atoms with Gasteiger partial charge in [-0.2, -0.15) is 0 Å². The zero-order valence-corrected chi connectivity index (χ0v) is 7.61. The topological polar surface area (TPSA) is 0 Å². The van der Waals surface area contributed by atoms with E-state index >= 15 is 0 Å². The minimum absolute atomic E-state index is 1.07. The number of aryl methyl sites for hydroxylation is 1. The van der Waals surface area contributed by atoms with Gasteiger partial charge in [-0.15, -0.1) is 0 Å². The van der Waals surface area contributed by atoms with E-state index in [1.54, 1.807) is 0 Å². The van der Waals surface area contributed by atoms with Crippen LogP contribution >= 0.6 is 15.9 Å². The third-order valence-electron chi connectivity index (χ3n) is 1.43. The third-order valence-corrected chi connectivity index (χ3v) is 1.88. The second-order valence-electron chi connectivity index (χ2n) is 2.32. The highest BCUT2D eigenvalue weighted by molar-refractivity contribution is 9.10. The van der Waals surface area contributed by atoms with E-state index in [4.69, 9.17) is 0 Å². The molecule has 0 aromatic heterocycles. The molecule has 0 nitrogen and oxygen atoms in total. The van der Waals surface area contributed by atoms with Gasteiger partial charge in [0.1, 0.15) is 0 Å². The molecule has 0 bridgehead atoms. The maximum Gasteiger partial charge on any atom is 0.0180 e. The molecule has 0 amide bonds. The van der Waals surface area contributed by atoms with E-state index in [-0.39, 0.29) is 0 Å². The van der Waals surface area contributed by atoms with Crippen LogP contribution in [0.5, 0.6) is 0 Å². The lowest BCUT2D eigenvalue weighted by molar-refractivity contribution is 1.13. The predicted octanol–water partition coefficient (Wildman–Crippen LogP) is 3.19. The van der Waals surface area contributed by atoms with E-state index in [9.17, 15) is 0 Å². The van der Waals surface area contributed by atoms with Crippen molar-refractivity contribution in [3.8, 4) is 0 Å². The minimum Gasteiger partial charge on any atom is -0.0613 e. The standard InChI is InChI=1S/C9H10Br/c1-3-8-4-7(2)5-9(10)6-8/h4-6H,2-3H2,1H3. The fourth-order valence-corrected chi connectivity index (χ4v) is 1.51. The maximum atomic E-state index is 3.86. The Morgan fingerprint density at radius 1 is 1.40 bits per heavy atom. The average Bonchev–Trinajstić information content (AvgIpc) is 1.85. The van der Waals surface area contributed by atoms with E-state index < -0.39 is 0 Å². The zero-order chi connectivity index (χ0) is 7.56. The van der Waals surface area contributed by atoms with Gasteiger partial charge in [0.05, 0.1) is 0 Å². The summed E-state index contributed by atoms with van der Waals surface area (Å²) in [5, 5.41) is 0. The first-order valence-electron chi connectivity index (χ1n) is 3.34. The molecule has 0 atom stereocenters. The van der Waals surface area contributed by atoms with Crippen molar-refractivity contribution in [2.75, 3.05) is 0 Å². The molecule has 0 N–H and O–H groups in total. The molecule has 1 heteroatoms. The van der Waals surface area contributed by atoms with E-state index in [1.165, 1.54) is 5.56 Å². The fourth-order valence-electron chi connectivity index (χ4n) is 0.921. The minimum atomic E-state index is 1.07. The number of hydrogen-bond acceptors (Lipinski definition) is 0. The van der Waals surface area contributed by atoms with Gasteiger partial charge in [-0.1, -0.05) is 28.9 Å². The number of rotatable bonds is 1. The summed E-state index contributed by atoms with van der Waals surface area (Å²) in [6.45, 7) is 6.00. The van der Waals surface area contributed by atoms with Crippen LogP contribution in [-0.2, 0) is 6.42 Å². The van der Waals surface area contributed by atoms with E-state index in [1.807, 2.05) is 6.07 Å². The van der Waals surface area contributed by atoms with Gasteiger partial charge in [-0.3, -0.25) is 0 Å². The normalized spacial score (nSPS) is 9.90. The van der Waals surface area contributed by atoms with Gasteiger partial charge in [0.2, 0.25) is 0 Å². The fraction of sp³-hybridized carbons (Fsp3) is 0.222. The Hall–Kier alpha value is -0.300. The van der Waals surface area contributed by atoms with Crippen molar-refractivity contribution in [2.45, 2.75) is 13.3 Å². The Morgan fingerprint density at radius 3 is 2.60 bits per heavy atom. The largest absolute Gasteiger partial charge is 0.0613 e. The molecule has 0 aliphatic carbocycles. The summed E-state index contributed by atoms with van der Waals surface area (Å²) in [6, 6.07) is 6.23. The van der Waals surface area contributed by atoms with Crippen molar-refractivity contribution in [3.63, 3.8) is 0 Å². The summed E-state index contributed by atoms with van der Waals surface area (Å²) < 4.78 is 1.12. The van der Waals surface area contributed by atoms with Crippen LogP contribution in [0.25, 0.3) is 0 Å². The second kappa shape index (κ2) is 3.20. The molecule has 0 aliphatic rings. The molecule has 0 fully saturated rings. The SMILES string of the molecule is [CH2]c1cc(Br)cc(CC)c1. The van der Waals surface area contributed by atoms with E-state index in [2.05, 4.69) is 41.9 Å². The van der Waals surface area contributed by atoms with Crippen molar-refractivity contribution < 1.29 is 0 Å². The maximum absolute atomic E-state index is 3.86. The molecule has 0 heterocycles. The molecule has 1 aromatic rings. The first-order chi connectivity index (χ1) is 4.72. The van der Waals surface area contributed by atoms with Gasteiger partial charge in [-0.05, 0) is 36.6 Å². The molecule has 0 saturated carbocycles. The summed E-state index contributed by atoms with van der Waals surface area (Å²) in [5.41, 5.74) is 2.41. The smallest absolute Gasteiger partial charge is 0.0180 e. The molecule has 1 aromatic carbocycles. The Balaban J connectivity index is 3.06. The van der Waals surface area contributed by atoms with Crippen LogP contribution in [0, 0.1) is 6.92 Å². The Kier molecular flexibility index (Phi) is 2.50. The highest BCUT2D eigenvalue weighted by Crippen LogP contribution is 2.15. The van der Waals surface area contributed by atoms with Gasteiger partial charge in [0, 0.05) is 4.47 Å². The van der Waals surface area contributed by atoms with E-state index in [0.29, 0.717) is 0 Å². The molecule has 0 saturated heterocycles. The van der Waals surface area contributed by atoms with Gasteiger partial charge in [0.15, 0.2) is 0 Å². The lowest BCUT2D eigenvalue weighted by Crippen LogP contribution is -1.81.